The van der Waals surface area contributed by atoms with Crippen LogP contribution in [0.1, 0.15) is 55.9 Å². The summed E-state index contributed by atoms with van der Waals surface area (Å²) in [5, 5.41) is 0.812. The Bertz CT molecular complexity index is 1880. The minimum atomic E-state index is -1.02. The van der Waals surface area contributed by atoms with Gasteiger partial charge < -0.3 is 20.2 Å². The number of aromatic nitrogens is 1. The number of amidine groups is 2. The highest BCUT2D eigenvalue weighted by atomic mass is 32.2. The van der Waals surface area contributed by atoms with E-state index in [9.17, 15) is 4.79 Å². The zero-order valence-corrected chi connectivity index (χ0v) is 27.8. The number of carbonyl (C=O) groups excluding carboxylic acids is 1. The molecule has 1 aliphatic rings. The van der Waals surface area contributed by atoms with Crippen molar-refractivity contribution in [1.29, 1.82) is 0 Å². The van der Waals surface area contributed by atoms with Crippen LogP contribution in [0.5, 0.6) is 11.5 Å². The van der Waals surface area contributed by atoms with Crippen LogP contribution in [0.4, 0.5) is 13.2 Å². The first-order valence-corrected chi connectivity index (χ1v) is 16.7. The summed E-state index contributed by atoms with van der Waals surface area (Å²) in [6.07, 6.45) is 5.68. The molecule has 3 N–H and O–H groups in total. The van der Waals surface area contributed by atoms with E-state index in [4.69, 9.17) is 10.5 Å². The third-order valence-electron chi connectivity index (χ3n) is 8.68. The molecule has 0 saturated carbocycles. The van der Waals surface area contributed by atoms with Crippen LogP contribution in [0.2, 0.25) is 0 Å². The molecular weight excluding hydrogens is 621 g/mol. The van der Waals surface area contributed by atoms with Gasteiger partial charge in [0.1, 0.15) is 29.5 Å². The molecule has 2 bridgehead atoms. The predicted octanol–water partition coefficient (Wildman–Crippen LogP) is 8.62. The number of nitrogens with one attached hydrogen (secondary N) is 1. The van der Waals surface area contributed by atoms with Crippen molar-refractivity contribution >= 4 is 40.6 Å². The van der Waals surface area contributed by atoms with Crippen molar-refractivity contribution < 1.29 is 22.7 Å². The second-order valence-electron chi connectivity index (χ2n) is 12.6. The Balaban J connectivity index is 1.66. The Morgan fingerprint density at radius 2 is 1.89 bits per heavy atom. The smallest absolute Gasteiger partial charge is 0.168 e. The Morgan fingerprint density at radius 1 is 1.09 bits per heavy atom. The second kappa shape index (κ2) is 14.2. The number of allylic oxidation sites excluding steroid dienone is 2. The van der Waals surface area contributed by atoms with E-state index in [1.807, 2.05) is 51.1 Å². The monoisotopic (exact) mass is 660 g/mol. The number of ether oxygens (including phenoxy) is 1. The lowest BCUT2D eigenvalue weighted by molar-refractivity contribution is -0.107. The second-order valence-corrected chi connectivity index (χ2v) is 13.7. The van der Waals surface area contributed by atoms with Crippen LogP contribution >= 0.6 is 11.8 Å². The third-order valence-corrected chi connectivity index (χ3v) is 10.1. The number of H-pyrrole nitrogens is 1. The standard InChI is InChI=1S/C37H39F3N4O2S/c1-36(2)22-47-18-14-27-26-13-16-43-31(26)21-30(39)33(27)46-25-10-11-29(38)28(20-25)34(42-4)44-35(41)37(3,15-12-32(36)40)24-9-5-7-23(19-24)8-6-17-45/h5,7,9-13,16-17,19-21,43H,6,8,14-15,18,22H2,1-4H3,(H2,41,42,44)/b32-12-. The molecule has 3 aromatic carbocycles. The molecule has 5 rings (SSSR count). The van der Waals surface area contributed by atoms with Crippen molar-refractivity contribution in [3.63, 3.8) is 0 Å². The highest BCUT2D eigenvalue weighted by Gasteiger charge is 2.33. The van der Waals surface area contributed by atoms with Gasteiger partial charge >= 0.3 is 0 Å². The number of nitrogens with zero attached hydrogens (tertiary/aromatic N) is 2. The first-order chi connectivity index (χ1) is 22.5. The van der Waals surface area contributed by atoms with Crippen molar-refractivity contribution in [3.8, 4) is 11.5 Å². The molecule has 0 radical (unpaired) electrons. The normalized spacial score (nSPS) is 21.1. The Kier molecular flexibility index (Phi) is 10.3. The Hall–Kier alpha value is -4.31. The fraction of sp³-hybridized carbons (Fsp3) is 0.324. The zero-order valence-electron chi connectivity index (χ0n) is 27.0. The van der Waals surface area contributed by atoms with E-state index in [-0.39, 0.29) is 41.0 Å². The van der Waals surface area contributed by atoms with E-state index in [1.165, 1.54) is 31.3 Å². The molecule has 2 heterocycles. The Morgan fingerprint density at radius 3 is 2.66 bits per heavy atom. The van der Waals surface area contributed by atoms with Crippen molar-refractivity contribution in [2.45, 2.75) is 51.9 Å². The fourth-order valence-corrected chi connectivity index (χ4v) is 6.85. The van der Waals surface area contributed by atoms with Crippen molar-refractivity contribution in [2.24, 2.45) is 21.1 Å². The predicted molar refractivity (Wildman–Crippen MR) is 186 cm³/mol. The van der Waals surface area contributed by atoms with Crippen LogP contribution in [-0.4, -0.2) is 41.5 Å². The topological polar surface area (TPSA) is 92.8 Å². The Labute approximate surface area is 277 Å². The van der Waals surface area contributed by atoms with Gasteiger partial charge in [0.15, 0.2) is 17.4 Å². The zero-order chi connectivity index (χ0) is 33.8. The molecule has 1 aliphatic heterocycles. The van der Waals surface area contributed by atoms with Gasteiger partial charge in [-0.2, -0.15) is 11.8 Å². The van der Waals surface area contributed by atoms with E-state index in [0.717, 1.165) is 22.8 Å². The van der Waals surface area contributed by atoms with Gasteiger partial charge in [0, 0.05) is 53.4 Å². The number of fused-ring (bicyclic) bond motifs is 5. The van der Waals surface area contributed by atoms with E-state index in [0.29, 0.717) is 41.8 Å². The molecule has 1 atom stereocenters. The van der Waals surface area contributed by atoms with Gasteiger partial charge in [-0.3, -0.25) is 4.99 Å². The molecule has 0 aliphatic carbocycles. The largest absolute Gasteiger partial charge is 0.454 e. The lowest BCUT2D eigenvalue weighted by Crippen LogP contribution is -2.39. The molecule has 10 heteroatoms. The molecular formula is C37H39F3N4O2S. The SMILES string of the molecule is CN=C1N=C(N)C(C)(c2cccc(CCC=O)c2)C/C=C(\F)C(C)(C)CSCCc2c(c(F)cc3[nH]ccc23)Oc2ccc(F)c1c2. The van der Waals surface area contributed by atoms with Gasteiger partial charge in [-0.15, -0.1) is 0 Å². The maximum Gasteiger partial charge on any atom is 0.168 e. The minimum Gasteiger partial charge on any atom is -0.454 e. The minimum absolute atomic E-state index is 0.00198. The van der Waals surface area contributed by atoms with Gasteiger partial charge in [0.2, 0.25) is 0 Å². The highest BCUT2D eigenvalue weighted by Crippen LogP contribution is 2.39. The molecule has 6 nitrogen and oxygen atoms in total. The molecule has 0 fully saturated rings. The van der Waals surface area contributed by atoms with E-state index in [1.54, 1.807) is 24.0 Å². The summed E-state index contributed by atoms with van der Waals surface area (Å²) < 4.78 is 53.1. The summed E-state index contributed by atoms with van der Waals surface area (Å²) in [5.74, 6) is -0.0699. The number of aliphatic imine (C=N–C) groups is 2. The molecule has 0 amide bonds. The average molecular weight is 661 g/mol. The molecule has 4 aromatic rings. The fourth-order valence-electron chi connectivity index (χ4n) is 5.71. The van der Waals surface area contributed by atoms with E-state index in [2.05, 4.69) is 15.0 Å². The number of carbonyl (C=O) groups is 1. The van der Waals surface area contributed by atoms with Crippen LogP contribution in [0.25, 0.3) is 10.9 Å². The van der Waals surface area contributed by atoms with Crippen molar-refractivity contribution in [1.82, 2.24) is 4.98 Å². The molecule has 0 spiro atoms. The maximum absolute atomic E-state index is 16.0. The number of nitrogens with two attached hydrogens (primary N) is 1. The van der Waals surface area contributed by atoms with Gasteiger partial charge in [0.05, 0.1) is 11.0 Å². The molecule has 246 valence electrons. The van der Waals surface area contributed by atoms with Crippen LogP contribution in [0.3, 0.4) is 0 Å². The lowest BCUT2D eigenvalue weighted by atomic mass is 9.76. The first kappa shape index (κ1) is 34.0. The van der Waals surface area contributed by atoms with Gasteiger partial charge in [-0.05, 0) is 67.3 Å². The van der Waals surface area contributed by atoms with Gasteiger partial charge in [-0.25, -0.2) is 18.2 Å². The number of rotatable bonds is 4. The van der Waals surface area contributed by atoms with Gasteiger partial charge in [-0.1, -0.05) is 44.2 Å². The quantitative estimate of drug-likeness (QED) is 0.215. The van der Waals surface area contributed by atoms with E-state index >= 15 is 13.2 Å². The number of hydrogen-bond donors (Lipinski definition) is 2. The number of halogens is 3. The number of benzene rings is 3. The summed E-state index contributed by atoms with van der Waals surface area (Å²) in [6.45, 7) is 5.55. The van der Waals surface area contributed by atoms with Gasteiger partial charge in [0.25, 0.3) is 0 Å². The van der Waals surface area contributed by atoms with Crippen molar-refractivity contribution in [2.75, 3.05) is 18.6 Å². The number of aryl methyl sites for hydroxylation is 2. The average Bonchev–Trinajstić information content (AvgIpc) is 3.53. The van der Waals surface area contributed by atoms with E-state index < -0.39 is 22.5 Å². The molecule has 0 saturated heterocycles. The number of aromatic amines is 1. The summed E-state index contributed by atoms with van der Waals surface area (Å²) in [6, 6.07) is 14.9. The number of hydrogen-bond acceptors (Lipinski definition) is 5. The van der Waals surface area contributed by atoms with Crippen LogP contribution in [0, 0.1) is 17.0 Å². The van der Waals surface area contributed by atoms with Crippen LogP contribution in [0.15, 0.2) is 82.7 Å². The summed E-state index contributed by atoms with van der Waals surface area (Å²) in [7, 11) is 1.47. The maximum atomic E-state index is 16.0. The highest BCUT2D eigenvalue weighted by molar-refractivity contribution is 7.99. The number of thioether (sulfide) groups is 1. The summed E-state index contributed by atoms with van der Waals surface area (Å²) in [4.78, 5) is 23.0. The lowest BCUT2D eigenvalue weighted by Gasteiger charge is -2.30. The third kappa shape index (κ3) is 7.32. The van der Waals surface area contributed by atoms with Crippen LogP contribution < -0.4 is 10.5 Å². The first-order valence-electron chi connectivity index (χ1n) is 15.5. The van der Waals surface area contributed by atoms with Crippen molar-refractivity contribution in [3.05, 3.63) is 107 Å². The summed E-state index contributed by atoms with van der Waals surface area (Å²) in [5.41, 5.74) is 7.92. The van der Waals surface area contributed by atoms with Crippen LogP contribution in [-0.2, 0) is 23.1 Å². The molecule has 47 heavy (non-hydrogen) atoms. The summed E-state index contributed by atoms with van der Waals surface area (Å²) >= 11 is 1.57. The molecule has 1 unspecified atom stereocenters. The number of aldehydes is 1. The molecule has 1 aromatic heterocycles.